The Hall–Kier alpha value is -2.89. The molecule has 0 unspecified atom stereocenters. The lowest BCUT2D eigenvalue weighted by molar-refractivity contribution is 0.0737. The minimum Gasteiger partial charge on any atom is -0.497 e. The molecule has 3 heterocycles. The maximum Gasteiger partial charge on any atom is 0.259 e. The van der Waals surface area contributed by atoms with E-state index in [0.717, 1.165) is 30.7 Å². The molecule has 1 saturated heterocycles. The fraction of sp³-hybridized carbons (Fsp3) is 0.278. The Morgan fingerprint density at radius 1 is 1.29 bits per heavy atom. The number of nitrogens with zero attached hydrogens (tertiary/aromatic N) is 4. The zero-order valence-electron chi connectivity index (χ0n) is 13.4. The fourth-order valence-electron chi connectivity index (χ4n) is 3.32. The van der Waals surface area contributed by atoms with E-state index in [1.165, 1.54) is 0 Å². The highest BCUT2D eigenvalue weighted by molar-refractivity contribution is 6.00. The molecule has 1 aliphatic rings. The maximum absolute atomic E-state index is 13.0. The number of carbonyl (C=O) groups excluding carboxylic acids is 1. The lowest BCUT2D eigenvalue weighted by atomic mass is 10.0. The highest BCUT2D eigenvalue weighted by Crippen LogP contribution is 2.34. The molecule has 0 N–H and O–H groups in total. The Kier molecular flexibility index (Phi) is 3.65. The molecule has 122 valence electrons. The molecule has 0 radical (unpaired) electrons. The van der Waals surface area contributed by atoms with Crippen LogP contribution in [0.2, 0.25) is 0 Å². The second-order valence-electron chi connectivity index (χ2n) is 5.88. The summed E-state index contributed by atoms with van der Waals surface area (Å²) in [5.41, 5.74) is 2.28. The van der Waals surface area contributed by atoms with Crippen molar-refractivity contribution < 1.29 is 9.53 Å². The summed E-state index contributed by atoms with van der Waals surface area (Å²) >= 11 is 0. The van der Waals surface area contributed by atoms with Gasteiger partial charge in [0.25, 0.3) is 5.91 Å². The summed E-state index contributed by atoms with van der Waals surface area (Å²) in [7, 11) is 1.65. The molecular weight excluding hydrogens is 304 g/mol. The summed E-state index contributed by atoms with van der Waals surface area (Å²) in [4.78, 5) is 19.3. The molecule has 6 heteroatoms. The van der Waals surface area contributed by atoms with Crippen LogP contribution in [0.5, 0.6) is 5.75 Å². The van der Waals surface area contributed by atoms with E-state index in [1.807, 2.05) is 29.2 Å². The number of ether oxygens (including phenoxy) is 1. The molecule has 1 aromatic carbocycles. The van der Waals surface area contributed by atoms with Crippen LogP contribution in [-0.2, 0) is 0 Å². The zero-order chi connectivity index (χ0) is 16.5. The van der Waals surface area contributed by atoms with Crippen LogP contribution >= 0.6 is 0 Å². The minimum atomic E-state index is -0.0120. The Morgan fingerprint density at radius 2 is 2.12 bits per heavy atom. The molecule has 6 nitrogen and oxygen atoms in total. The van der Waals surface area contributed by atoms with Gasteiger partial charge in [-0.25, -0.2) is 9.50 Å². The molecule has 0 saturated carbocycles. The third-order valence-corrected chi connectivity index (χ3v) is 4.52. The topological polar surface area (TPSA) is 59.7 Å². The van der Waals surface area contributed by atoms with Crippen molar-refractivity contribution in [3.8, 4) is 5.75 Å². The summed E-state index contributed by atoms with van der Waals surface area (Å²) in [6, 6.07) is 9.82. The van der Waals surface area contributed by atoms with Gasteiger partial charge >= 0.3 is 0 Å². The normalized spacial score (nSPS) is 17.4. The van der Waals surface area contributed by atoms with E-state index in [2.05, 4.69) is 10.1 Å². The van der Waals surface area contributed by atoms with Gasteiger partial charge in [-0.05, 0) is 36.6 Å². The molecule has 1 fully saturated rings. The van der Waals surface area contributed by atoms with Crippen molar-refractivity contribution in [2.75, 3.05) is 13.7 Å². The second-order valence-corrected chi connectivity index (χ2v) is 5.88. The Labute approximate surface area is 139 Å². The quantitative estimate of drug-likeness (QED) is 0.744. The average molecular weight is 322 g/mol. The number of benzene rings is 1. The summed E-state index contributed by atoms with van der Waals surface area (Å²) in [5.74, 6) is 0.809. The minimum absolute atomic E-state index is 0.0120. The maximum atomic E-state index is 13.0. The number of hydrogen-bond acceptors (Lipinski definition) is 4. The van der Waals surface area contributed by atoms with Crippen molar-refractivity contribution >= 4 is 11.6 Å². The largest absolute Gasteiger partial charge is 0.497 e. The Morgan fingerprint density at radius 3 is 2.92 bits per heavy atom. The van der Waals surface area contributed by atoms with Crippen LogP contribution in [0.1, 0.15) is 34.8 Å². The van der Waals surface area contributed by atoms with E-state index in [-0.39, 0.29) is 11.9 Å². The lowest BCUT2D eigenvalue weighted by Gasteiger charge is -2.24. The van der Waals surface area contributed by atoms with Gasteiger partial charge in [-0.3, -0.25) is 4.79 Å². The lowest BCUT2D eigenvalue weighted by Crippen LogP contribution is -2.30. The standard InChI is InChI=1S/C18H18N4O2/c1-24-14-7-5-13(6-8-14)16-4-2-10-21(16)18(23)15-12-20-22-11-3-9-19-17(15)22/h3,5-9,11-12,16H,2,4,10H2,1H3/t16-/m0/s1. The Balaban J connectivity index is 1.65. The first-order valence-electron chi connectivity index (χ1n) is 8.01. The van der Waals surface area contributed by atoms with Crippen LogP contribution in [0.4, 0.5) is 0 Å². The number of hydrogen-bond donors (Lipinski definition) is 0. The monoisotopic (exact) mass is 322 g/mol. The number of amides is 1. The molecule has 24 heavy (non-hydrogen) atoms. The predicted molar refractivity (Wildman–Crippen MR) is 89.0 cm³/mol. The van der Waals surface area contributed by atoms with Gasteiger partial charge in [-0.2, -0.15) is 5.10 Å². The smallest absolute Gasteiger partial charge is 0.259 e. The van der Waals surface area contributed by atoms with Crippen LogP contribution in [0, 0.1) is 0 Å². The third kappa shape index (κ3) is 2.40. The van der Waals surface area contributed by atoms with E-state index < -0.39 is 0 Å². The number of fused-ring (bicyclic) bond motifs is 1. The van der Waals surface area contributed by atoms with Gasteiger partial charge in [0.1, 0.15) is 11.3 Å². The first kappa shape index (κ1) is 14.7. The van der Waals surface area contributed by atoms with Crippen LogP contribution in [0.25, 0.3) is 5.65 Å². The van der Waals surface area contributed by atoms with Crippen molar-refractivity contribution in [1.29, 1.82) is 0 Å². The van der Waals surface area contributed by atoms with Crippen molar-refractivity contribution in [1.82, 2.24) is 19.5 Å². The second kappa shape index (κ2) is 5.96. The van der Waals surface area contributed by atoms with E-state index >= 15 is 0 Å². The van der Waals surface area contributed by atoms with E-state index in [1.54, 1.807) is 36.3 Å². The first-order chi connectivity index (χ1) is 11.8. The van der Waals surface area contributed by atoms with Crippen LogP contribution in [0.15, 0.2) is 48.9 Å². The van der Waals surface area contributed by atoms with Gasteiger partial charge in [-0.15, -0.1) is 0 Å². The van der Waals surface area contributed by atoms with Crippen molar-refractivity contribution in [3.05, 3.63) is 60.0 Å². The van der Waals surface area contributed by atoms with E-state index in [9.17, 15) is 4.79 Å². The number of likely N-dealkylation sites (tertiary alicyclic amines) is 1. The van der Waals surface area contributed by atoms with Gasteiger partial charge in [0.2, 0.25) is 0 Å². The summed E-state index contributed by atoms with van der Waals surface area (Å²) in [6.07, 6.45) is 7.04. The predicted octanol–water partition coefficient (Wildman–Crippen LogP) is 2.72. The van der Waals surface area contributed by atoms with Crippen molar-refractivity contribution in [3.63, 3.8) is 0 Å². The number of carbonyl (C=O) groups is 1. The molecule has 2 aromatic heterocycles. The fourth-order valence-corrected chi connectivity index (χ4v) is 3.32. The highest BCUT2D eigenvalue weighted by atomic mass is 16.5. The van der Waals surface area contributed by atoms with Gasteiger partial charge in [-0.1, -0.05) is 12.1 Å². The molecule has 0 spiro atoms. The highest BCUT2D eigenvalue weighted by Gasteiger charge is 2.32. The van der Waals surface area contributed by atoms with Crippen molar-refractivity contribution in [2.24, 2.45) is 0 Å². The van der Waals surface area contributed by atoms with Gasteiger partial charge in [0.05, 0.1) is 19.3 Å². The average Bonchev–Trinajstić information content (AvgIpc) is 3.28. The number of aromatic nitrogens is 3. The van der Waals surface area contributed by atoms with Crippen LogP contribution in [0.3, 0.4) is 0 Å². The van der Waals surface area contributed by atoms with Gasteiger partial charge in [0.15, 0.2) is 5.65 Å². The molecule has 0 aliphatic carbocycles. The summed E-state index contributed by atoms with van der Waals surface area (Å²) in [5, 5.41) is 4.22. The number of rotatable bonds is 3. The van der Waals surface area contributed by atoms with Crippen LogP contribution < -0.4 is 4.74 Å². The summed E-state index contributed by atoms with van der Waals surface area (Å²) in [6.45, 7) is 0.750. The van der Waals surface area contributed by atoms with E-state index in [4.69, 9.17) is 4.74 Å². The molecule has 1 aliphatic heterocycles. The zero-order valence-corrected chi connectivity index (χ0v) is 13.4. The first-order valence-corrected chi connectivity index (χ1v) is 8.01. The van der Waals surface area contributed by atoms with Crippen LogP contribution in [-0.4, -0.2) is 39.1 Å². The Bertz CT molecular complexity index is 872. The van der Waals surface area contributed by atoms with Crippen molar-refractivity contribution in [2.45, 2.75) is 18.9 Å². The molecular formula is C18H18N4O2. The molecule has 3 aromatic rings. The SMILES string of the molecule is COc1ccc([C@@H]2CCCN2C(=O)c2cnn3cccnc23)cc1. The third-order valence-electron chi connectivity index (χ3n) is 4.52. The molecule has 1 atom stereocenters. The van der Waals surface area contributed by atoms with Gasteiger partial charge in [0, 0.05) is 18.9 Å². The number of methoxy groups -OCH3 is 1. The van der Waals surface area contributed by atoms with Gasteiger partial charge < -0.3 is 9.64 Å². The molecule has 0 bridgehead atoms. The molecule has 4 rings (SSSR count). The van der Waals surface area contributed by atoms with E-state index in [0.29, 0.717) is 11.2 Å². The molecule has 1 amide bonds. The summed E-state index contributed by atoms with van der Waals surface area (Å²) < 4.78 is 6.84.